The number of amides is 2. The Kier molecular flexibility index (Phi) is 4.01. The van der Waals surface area contributed by atoms with E-state index < -0.39 is 0 Å². The molecule has 1 aromatic carbocycles. The predicted octanol–water partition coefficient (Wildman–Crippen LogP) is 2.03. The maximum absolute atomic E-state index is 12.7. The van der Waals surface area contributed by atoms with Gasteiger partial charge >= 0.3 is 0 Å². The number of rotatable bonds is 3. The molecule has 7 heteroatoms. The molecular weight excluding hydrogens is 336 g/mol. The van der Waals surface area contributed by atoms with Crippen LogP contribution >= 0.6 is 11.3 Å². The second-order valence-corrected chi connectivity index (χ2v) is 7.17. The average molecular weight is 354 g/mol. The molecule has 0 spiro atoms. The van der Waals surface area contributed by atoms with Gasteiger partial charge in [0.15, 0.2) is 0 Å². The van der Waals surface area contributed by atoms with Gasteiger partial charge in [0.25, 0.3) is 5.91 Å². The lowest BCUT2D eigenvalue weighted by molar-refractivity contribution is -0.123. The normalized spacial score (nSPS) is 14.8. The zero-order valence-corrected chi connectivity index (χ0v) is 14.7. The average Bonchev–Trinajstić information content (AvgIpc) is 3.17. The van der Waals surface area contributed by atoms with E-state index in [0.29, 0.717) is 24.5 Å². The van der Waals surface area contributed by atoms with E-state index in [0.717, 1.165) is 15.9 Å². The van der Waals surface area contributed by atoms with Crippen molar-refractivity contribution in [1.82, 2.24) is 20.0 Å². The summed E-state index contributed by atoms with van der Waals surface area (Å²) in [5.41, 5.74) is 2.08. The van der Waals surface area contributed by atoms with Crippen LogP contribution in [0.15, 0.2) is 36.4 Å². The summed E-state index contributed by atoms with van der Waals surface area (Å²) in [5.74, 6) is -0.186. The summed E-state index contributed by atoms with van der Waals surface area (Å²) >= 11 is 1.44. The van der Waals surface area contributed by atoms with Gasteiger partial charge in [-0.2, -0.15) is 5.10 Å². The Hall–Kier alpha value is -2.67. The number of piperazine rings is 1. The summed E-state index contributed by atoms with van der Waals surface area (Å²) in [4.78, 5) is 27.5. The number of hydrogen-bond acceptors (Lipinski definition) is 4. The number of benzene rings is 1. The largest absolute Gasteiger partial charge is 0.353 e. The van der Waals surface area contributed by atoms with E-state index in [9.17, 15) is 9.59 Å². The molecule has 1 aliphatic rings. The van der Waals surface area contributed by atoms with Crippen LogP contribution in [-0.2, 0) is 11.3 Å². The van der Waals surface area contributed by atoms with Crippen molar-refractivity contribution in [2.75, 3.05) is 19.6 Å². The molecule has 0 bridgehead atoms. The van der Waals surface area contributed by atoms with Crippen molar-refractivity contribution >= 4 is 33.4 Å². The smallest absolute Gasteiger partial charge is 0.264 e. The molecule has 3 heterocycles. The Morgan fingerprint density at radius 1 is 1.32 bits per heavy atom. The van der Waals surface area contributed by atoms with Crippen molar-refractivity contribution in [3.05, 3.63) is 52.5 Å². The number of hydrogen-bond donors (Lipinski definition) is 1. The Morgan fingerprint density at radius 2 is 2.12 bits per heavy atom. The third-order valence-corrected chi connectivity index (χ3v) is 5.46. The molecule has 1 saturated heterocycles. The molecule has 1 N–H and O–H groups in total. The number of aryl methyl sites for hydroxylation is 1. The molecule has 0 unspecified atom stereocenters. The lowest BCUT2D eigenvalue weighted by Crippen LogP contribution is -2.49. The third-order valence-electron chi connectivity index (χ3n) is 4.32. The predicted molar refractivity (Wildman–Crippen MR) is 96.8 cm³/mol. The maximum atomic E-state index is 12.7. The number of nitrogens with one attached hydrogen (secondary N) is 1. The fraction of sp³-hybridized carbons (Fsp3) is 0.278. The molecule has 25 heavy (non-hydrogen) atoms. The van der Waals surface area contributed by atoms with E-state index in [1.54, 1.807) is 4.90 Å². The van der Waals surface area contributed by atoms with Crippen molar-refractivity contribution in [2.45, 2.75) is 13.5 Å². The molecule has 2 amide bonds. The van der Waals surface area contributed by atoms with E-state index in [2.05, 4.69) is 22.5 Å². The molecule has 3 aromatic rings. The monoisotopic (exact) mass is 354 g/mol. The Bertz CT molecular complexity index is 945. The second kappa shape index (κ2) is 6.33. The number of fused-ring (bicyclic) bond motifs is 1. The zero-order chi connectivity index (χ0) is 17.4. The van der Waals surface area contributed by atoms with Gasteiger partial charge in [-0.3, -0.25) is 14.3 Å². The first-order valence-electron chi connectivity index (χ1n) is 8.18. The summed E-state index contributed by atoms with van der Waals surface area (Å²) in [7, 11) is 0. The van der Waals surface area contributed by atoms with Gasteiger partial charge in [0.05, 0.1) is 23.7 Å². The first kappa shape index (κ1) is 15.8. The second-order valence-electron chi connectivity index (χ2n) is 6.13. The minimum absolute atomic E-state index is 0.0817. The lowest BCUT2D eigenvalue weighted by Gasteiger charge is -2.26. The fourth-order valence-corrected chi connectivity index (χ4v) is 4.18. The van der Waals surface area contributed by atoms with E-state index >= 15 is 0 Å². The van der Waals surface area contributed by atoms with Crippen molar-refractivity contribution < 1.29 is 9.59 Å². The SMILES string of the molecule is Cc1nn(Cc2ccccc2)c2sc(C(=O)N3CCNC(=O)C3)cc12. The molecular formula is C18H18N4O2S. The topological polar surface area (TPSA) is 67.2 Å². The van der Waals surface area contributed by atoms with Crippen LogP contribution in [0, 0.1) is 6.92 Å². The highest BCUT2D eigenvalue weighted by atomic mass is 32.1. The van der Waals surface area contributed by atoms with Crippen molar-refractivity contribution in [2.24, 2.45) is 0 Å². The number of carbonyl (C=O) groups excluding carboxylic acids is 2. The summed E-state index contributed by atoms with van der Waals surface area (Å²) in [6.45, 7) is 3.82. The van der Waals surface area contributed by atoms with E-state index in [1.165, 1.54) is 16.9 Å². The van der Waals surface area contributed by atoms with Gasteiger partial charge in [-0.1, -0.05) is 30.3 Å². The molecule has 0 saturated carbocycles. The molecule has 0 radical (unpaired) electrons. The van der Waals surface area contributed by atoms with E-state index in [1.807, 2.05) is 35.9 Å². The van der Waals surface area contributed by atoms with E-state index in [-0.39, 0.29) is 18.4 Å². The van der Waals surface area contributed by atoms with Crippen LogP contribution < -0.4 is 5.32 Å². The van der Waals surface area contributed by atoms with Crippen molar-refractivity contribution in [3.8, 4) is 0 Å². The van der Waals surface area contributed by atoms with Crippen LogP contribution in [-0.4, -0.2) is 46.1 Å². The molecule has 0 atom stereocenters. The van der Waals surface area contributed by atoms with Gasteiger partial charge in [-0.25, -0.2) is 0 Å². The van der Waals surface area contributed by atoms with E-state index in [4.69, 9.17) is 0 Å². The summed E-state index contributed by atoms with van der Waals surface area (Å²) in [6, 6.07) is 12.0. The van der Waals surface area contributed by atoms with Crippen LogP contribution in [0.1, 0.15) is 20.9 Å². The molecule has 1 aliphatic heterocycles. The summed E-state index contributed by atoms with van der Waals surface area (Å²) in [6.07, 6.45) is 0. The summed E-state index contributed by atoms with van der Waals surface area (Å²) < 4.78 is 1.95. The van der Waals surface area contributed by atoms with Gasteiger partial charge in [0.1, 0.15) is 4.83 Å². The van der Waals surface area contributed by atoms with Gasteiger partial charge < -0.3 is 10.2 Å². The zero-order valence-electron chi connectivity index (χ0n) is 13.9. The number of carbonyl (C=O) groups is 2. The maximum Gasteiger partial charge on any atom is 0.264 e. The fourth-order valence-electron chi connectivity index (χ4n) is 3.05. The molecule has 2 aromatic heterocycles. The first-order chi connectivity index (χ1) is 12.1. The number of thiophene rings is 1. The van der Waals surface area contributed by atoms with Crippen LogP contribution in [0.25, 0.3) is 10.2 Å². The minimum atomic E-state index is -0.104. The minimum Gasteiger partial charge on any atom is -0.353 e. The van der Waals surface area contributed by atoms with Crippen LogP contribution in [0.5, 0.6) is 0 Å². The van der Waals surface area contributed by atoms with Crippen LogP contribution in [0.3, 0.4) is 0 Å². The Labute approximate surface area is 149 Å². The first-order valence-corrected chi connectivity index (χ1v) is 9.00. The highest BCUT2D eigenvalue weighted by molar-refractivity contribution is 7.20. The van der Waals surface area contributed by atoms with Crippen molar-refractivity contribution in [3.63, 3.8) is 0 Å². The Morgan fingerprint density at radius 3 is 2.88 bits per heavy atom. The molecule has 0 aliphatic carbocycles. The molecule has 4 rings (SSSR count). The molecule has 6 nitrogen and oxygen atoms in total. The highest BCUT2D eigenvalue weighted by Crippen LogP contribution is 2.29. The van der Waals surface area contributed by atoms with Crippen molar-refractivity contribution in [1.29, 1.82) is 0 Å². The van der Waals surface area contributed by atoms with Crippen LogP contribution in [0.4, 0.5) is 0 Å². The summed E-state index contributed by atoms with van der Waals surface area (Å²) in [5, 5.41) is 8.36. The Balaban J connectivity index is 1.65. The van der Waals surface area contributed by atoms with Gasteiger partial charge in [0.2, 0.25) is 5.91 Å². The highest BCUT2D eigenvalue weighted by Gasteiger charge is 2.25. The van der Waals surface area contributed by atoms with Gasteiger partial charge in [-0.15, -0.1) is 11.3 Å². The van der Waals surface area contributed by atoms with Crippen LogP contribution in [0.2, 0.25) is 0 Å². The third kappa shape index (κ3) is 3.02. The quantitative estimate of drug-likeness (QED) is 0.783. The lowest BCUT2D eigenvalue weighted by atomic mass is 10.2. The standard InChI is InChI=1S/C18H18N4O2S/c1-12-14-9-15(17(24)21-8-7-19-16(23)11-21)25-18(14)22(20-12)10-13-5-3-2-4-6-13/h2-6,9H,7-8,10-11H2,1H3,(H,19,23). The number of aromatic nitrogens is 2. The number of nitrogens with zero attached hydrogens (tertiary/aromatic N) is 3. The molecule has 128 valence electrons. The van der Waals surface area contributed by atoms with Gasteiger partial charge in [-0.05, 0) is 18.6 Å². The molecule has 1 fully saturated rings. The van der Waals surface area contributed by atoms with Gasteiger partial charge in [0, 0.05) is 18.5 Å².